The van der Waals surface area contributed by atoms with Crippen LogP contribution in [0, 0.1) is 6.92 Å². The van der Waals surface area contributed by atoms with Crippen molar-refractivity contribution in [3.8, 4) is 5.75 Å². The summed E-state index contributed by atoms with van der Waals surface area (Å²) in [5.74, 6) is -0.330. The highest BCUT2D eigenvalue weighted by atomic mass is 16.5. The molecular formula is C20H23NO4. The lowest BCUT2D eigenvalue weighted by atomic mass is 9.98. The van der Waals surface area contributed by atoms with Crippen LogP contribution in [0.3, 0.4) is 0 Å². The standard InChI is InChI=1S/C20H23NO4/c1-14-5-3-4-6-17(14)18(13-20(23)24)21-19(22)12-9-15-7-10-16(25-2)11-8-15/h3-8,10-11,18H,9,12-13H2,1-2H3,(H,21,22)(H,23,24). The molecule has 0 radical (unpaired) electrons. The van der Waals surface area contributed by atoms with Crippen LogP contribution >= 0.6 is 0 Å². The Balaban J connectivity index is 1.99. The minimum Gasteiger partial charge on any atom is -0.497 e. The molecule has 0 fully saturated rings. The molecule has 0 aromatic heterocycles. The van der Waals surface area contributed by atoms with E-state index >= 15 is 0 Å². The first kappa shape index (κ1) is 18.5. The van der Waals surface area contributed by atoms with Crippen LogP contribution in [0.5, 0.6) is 5.75 Å². The normalized spacial score (nSPS) is 11.6. The fourth-order valence-corrected chi connectivity index (χ4v) is 2.71. The Kier molecular flexibility index (Phi) is 6.57. The molecule has 2 aromatic rings. The molecule has 0 heterocycles. The fraction of sp³-hybridized carbons (Fsp3) is 0.300. The van der Waals surface area contributed by atoms with Gasteiger partial charge >= 0.3 is 5.97 Å². The summed E-state index contributed by atoms with van der Waals surface area (Å²) in [5.41, 5.74) is 2.83. The first-order chi connectivity index (χ1) is 12.0. The van der Waals surface area contributed by atoms with Crippen LogP contribution in [-0.2, 0) is 16.0 Å². The van der Waals surface area contributed by atoms with E-state index in [0.29, 0.717) is 12.8 Å². The molecule has 0 aliphatic carbocycles. The number of hydrogen-bond donors (Lipinski definition) is 2. The number of amides is 1. The Morgan fingerprint density at radius 2 is 1.80 bits per heavy atom. The van der Waals surface area contributed by atoms with Crippen molar-refractivity contribution in [1.82, 2.24) is 5.32 Å². The number of aliphatic carboxylic acids is 1. The van der Waals surface area contributed by atoms with Crippen molar-refractivity contribution in [1.29, 1.82) is 0 Å². The molecule has 0 aliphatic heterocycles. The van der Waals surface area contributed by atoms with Gasteiger partial charge in [-0.1, -0.05) is 36.4 Å². The largest absolute Gasteiger partial charge is 0.497 e. The molecule has 0 spiro atoms. The smallest absolute Gasteiger partial charge is 0.305 e. The van der Waals surface area contributed by atoms with Gasteiger partial charge in [0.2, 0.25) is 5.91 Å². The molecule has 2 rings (SSSR count). The van der Waals surface area contributed by atoms with Crippen molar-refractivity contribution in [3.63, 3.8) is 0 Å². The van der Waals surface area contributed by atoms with Crippen LogP contribution in [0.4, 0.5) is 0 Å². The molecule has 0 saturated carbocycles. The number of carboxylic acids is 1. The monoisotopic (exact) mass is 341 g/mol. The van der Waals surface area contributed by atoms with Crippen molar-refractivity contribution in [3.05, 3.63) is 65.2 Å². The summed E-state index contributed by atoms with van der Waals surface area (Å²) in [6.07, 6.45) is 0.747. The SMILES string of the molecule is COc1ccc(CCC(=O)NC(CC(=O)O)c2ccccc2C)cc1. The van der Waals surface area contributed by atoms with Crippen molar-refractivity contribution in [2.45, 2.75) is 32.2 Å². The second kappa shape index (κ2) is 8.87. The summed E-state index contributed by atoms with van der Waals surface area (Å²) in [7, 11) is 1.61. The Morgan fingerprint density at radius 1 is 1.12 bits per heavy atom. The lowest BCUT2D eigenvalue weighted by molar-refractivity contribution is -0.137. The van der Waals surface area contributed by atoms with Crippen molar-refractivity contribution < 1.29 is 19.4 Å². The zero-order valence-electron chi connectivity index (χ0n) is 14.5. The number of aryl methyl sites for hydroxylation is 2. The van der Waals surface area contributed by atoms with Gasteiger partial charge in [-0.15, -0.1) is 0 Å². The number of ether oxygens (including phenoxy) is 1. The minimum absolute atomic E-state index is 0.140. The Labute approximate surface area is 147 Å². The first-order valence-corrected chi connectivity index (χ1v) is 8.19. The second-order valence-electron chi connectivity index (χ2n) is 5.92. The molecule has 1 unspecified atom stereocenters. The molecule has 1 atom stereocenters. The maximum Gasteiger partial charge on any atom is 0.305 e. The van der Waals surface area contributed by atoms with Crippen LogP contribution in [0.2, 0.25) is 0 Å². The van der Waals surface area contributed by atoms with Crippen molar-refractivity contribution >= 4 is 11.9 Å². The van der Waals surface area contributed by atoms with Crippen LogP contribution in [0.25, 0.3) is 0 Å². The van der Waals surface area contributed by atoms with Gasteiger partial charge in [0.1, 0.15) is 5.75 Å². The number of carbonyl (C=O) groups excluding carboxylic acids is 1. The van der Waals surface area contributed by atoms with Gasteiger partial charge in [-0.3, -0.25) is 9.59 Å². The van der Waals surface area contributed by atoms with Crippen LogP contribution in [0.15, 0.2) is 48.5 Å². The number of nitrogens with one attached hydrogen (secondary N) is 1. The molecule has 5 nitrogen and oxygen atoms in total. The number of rotatable bonds is 8. The van der Waals surface area contributed by atoms with Crippen molar-refractivity contribution in [2.24, 2.45) is 0 Å². The molecule has 1 amide bonds. The summed E-state index contributed by atoms with van der Waals surface area (Å²) in [4.78, 5) is 23.4. The number of carboxylic acid groups (broad SMARTS) is 1. The quantitative estimate of drug-likeness (QED) is 0.773. The summed E-state index contributed by atoms with van der Waals surface area (Å²) in [5, 5.41) is 12.0. The van der Waals surface area contributed by atoms with E-state index in [1.165, 1.54) is 0 Å². The Bertz CT molecular complexity index is 725. The molecule has 5 heteroatoms. The average Bonchev–Trinajstić information content (AvgIpc) is 2.60. The summed E-state index contributed by atoms with van der Waals surface area (Å²) in [6.45, 7) is 1.91. The summed E-state index contributed by atoms with van der Waals surface area (Å²) < 4.78 is 5.11. The summed E-state index contributed by atoms with van der Waals surface area (Å²) >= 11 is 0. The third-order valence-electron chi connectivity index (χ3n) is 4.08. The molecule has 2 aromatic carbocycles. The molecule has 0 saturated heterocycles. The molecule has 25 heavy (non-hydrogen) atoms. The van der Waals surface area contributed by atoms with Crippen LogP contribution in [0.1, 0.15) is 35.6 Å². The highest BCUT2D eigenvalue weighted by molar-refractivity contribution is 5.78. The number of carbonyl (C=O) groups is 2. The predicted molar refractivity (Wildman–Crippen MR) is 95.6 cm³/mol. The second-order valence-corrected chi connectivity index (χ2v) is 5.92. The maximum absolute atomic E-state index is 12.3. The van der Waals surface area contributed by atoms with E-state index in [4.69, 9.17) is 9.84 Å². The van der Waals surface area contributed by atoms with Gasteiger partial charge in [-0.25, -0.2) is 0 Å². The third kappa shape index (κ3) is 5.64. The van der Waals surface area contributed by atoms with E-state index in [1.807, 2.05) is 55.5 Å². The van der Waals surface area contributed by atoms with Gasteiger partial charge in [0.05, 0.1) is 19.6 Å². The lowest BCUT2D eigenvalue weighted by Crippen LogP contribution is -2.30. The van der Waals surface area contributed by atoms with E-state index in [1.54, 1.807) is 7.11 Å². The topological polar surface area (TPSA) is 75.6 Å². The number of benzene rings is 2. The van der Waals surface area contributed by atoms with Gasteiger partial charge in [-0.05, 0) is 42.2 Å². The fourth-order valence-electron chi connectivity index (χ4n) is 2.71. The molecule has 0 bridgehead atoms. The summed E-state index contributed by atoms with van der Waals surface area (Å²) in [6, 6.07) is 14.5. The molecule has 132 valence electrons. The van der Waals surface area contributed by atoms with Crippen LogP contribution < -0.4 is 10.1 Å². The number of hydrogen-bond acceptors (Lipinski definition) is 3. The molecule has 0 aliphatic rings. The molecular weight excluding hydrogens is 318 g/mol. The van der Waals surface area contributed by atoms with E-state index in [0.717, 1.165) is 22.4 Å². The lowest BCUT2D eigenvalue weighted by Gasteiger charge is -2.19. The number of methoxy groups -OCH3 is 1. The Morgan fingerprint density at radius 3 is 2.40 bits per heavy atom. The van der Waals surface area contributed by atoms with Crippen LogP contribution in [-0.4, -0.2) is 24.1 Å². The highest BCUT2D eigenvalue weighted by Gasteiger charge is 2.19. The highest BCUT2D eigenvalue weighted by Crippen LogP contribution is 2.21. The van der Waals surface area contributed by atoms with Gasteiger partial charge in [-0.2, -0.15) is 0 Å². The van der Waals surface area contributed by atoms with E-state index in [2.05, 4.69) is 5.32 Å². The van der Waals surface area contributed by atoms with Gasteiger partial charge in [0.15, 0.2) is 0 Å². The predicted octanol–water partition coefficient (Wildman–Crippen LogP) is 3.27. The average molecular weight is 341 g/mol. The van der Waals surface area contributed by atoms with E-state index in [-0.39, 0.29) is 12.3 Å². The minimum atomic E-state index is -0.941. The molecule has 2 N–H and O–H groups in total. The van der Waals surface area contributed by atoms with Gasteiger partial charge in [0.25, 0.3) is 0 Å². The van der Waals surface area contributed by atoms with Gasteiger partial charge < -0.3 is 15.2 Å². The first-order valence-electron chi connectivity index (χ1n) is 8.19. The van der Waals surface area contributed by atoms with Gasteiger partial charge in [0, 0.05) is 6.42 Å². The third-order valence-corrected chi connectivity index (χ3v) is 4.08. The zero-order valence-corrected chi connectivity index (χ0v) is 14.5. The van der Waals surface area contributed by atoms with E-state index in [9.17, 15) is 9.59 Å². The zero-order chi connectivity index (χ0) is 18.2. The van der Waals surface area contributed by atoms with E-state index < -0.39 is 12.0 Å². The Hall–Kier alpha value is -2.82. The van der Waals surface area contributed by atoms with Crippen molar-refractivity contribution in [2.75, 3.05) is 7.11 Å². The maximum atomic E-state index is 12.3.